The Balaban J connectivity index is 2.57. The number of nitrogens with two attached hydrogens (primary N) is 1. The van der Waals surface area contributed by atoms with Crippen molar-refractivity contribution in [1.29, 1.82) is 0 Å². The van der Waals surface area contributed by atoms with Gasteiger partial charge in [0, 0.05) is 17.8 Å². The van der Waals surface area contributed by atoms with Gasteiger partial charge in [-0.1, -0.05) is 12.1 Å². The maximum absolute atomic E-state index is 12.1. The monoisotopic (exact) mass is 244 g/mol. The standard InChI is InChI=1S/C14H16N2O2/c1-9(2)16-8-7-12(13(15)14(16)18)10-3-5-11(17)6-4-10/h3-9,17H,15H2,1-2H3. The van der Waals surface area contributed by atoms with E-state index in [1.807, 2.05) is 19.9 Å². The van der Waals surface area contributed by atoms with Crippen LogP contribution in [0.25, 0.3) is 11.1 Å². The molecule has 0 fully saturated rings. The number of nitrogens with zero attached hydrogens (tertiary/aromatic N) is 1. The number of rotatable bonds is 2. The highest BCUT2D eigenvalue weighted by Crippen LogP contribution is 2.25. The van der Waals surface area contributed by atoms with Crippen molar-refractivity contribution in [2.75, 3.05) is 5.73 Å². The third kappa shape index (κ3) is 2.09. The Morgan fingerprint density at radius 3 is 2.33 bits per heavy atom. The van der Waals surface area contributed by atoms with Gasteiger partial charge in [-0.3, -0.25) is 4.79 Å². The minimum Gasteiger partial charge on any atom is -0.508 e. The molecule has 0 saturated carbocycles. The first kappa shape index (κ1) is 12.2. The van der Waals surface area contributed by atoms with Crippen LogP contribution in [-0.4, -0.2) is 9.67 Å². The van der Waals surface area contributed by atoms with Gasteiger partial charge in [-0.25, -0.2) is 0 Å². The van der Waals surface area contributed by atoms with Crippen LogP contribution in [0, 0.1) is 0 Å². The summed E-state index contributed by atoms with van der Waals surface area (Å²) >= 11 is 0. The summed E-state index contributed by atoms with van der Waals surface area (Å²) in [7, 11) is 0. The topological polar surface area (TPSA) is 68.2 Å². The molecular weight excluding hydrogens is 228 g/mol. The van der Waals surface area contributed by atoms with E-state index >= 15 is 0 Å². The number of hydrogen-bond donors (Lipinski definition) is 2. The molecule has 1 heterocycles. The normalized spacial score (nSPS) is 10.8. The van der Waals surface area contributed by atoms with E-state index in [1.54, 1.807) is 35.0 Å². The lowest BCUT2D eigenvalue weighted by Crippen LogP contribution is -2.24. The summed E-state index contributed by atoms with van der Waals surface area (Å²) in [4.78, 5) is 12.1. The molecule has 0 amide bonds. The van der Waals surface area contributed by atoms with Crippen LogP contribution in [0.3, 0.4) is 0 Å². The first-order valence-electron chi connectivity index (χ1n) is 5.80. The highest BCUT2D eigenvalue weighted by Gasteiger charge is 2.10. The fourth-order valence-electron chi connectivity index (χ4n) is 1.87. The minimum absolute atomic E-state index is 0.0775. The molecule has 18 heavy (non-hydrogen) atoms. The highest BCUT2D eigenvalue weighted by atomic mass is 16.3. The molecule has 0 spiro atoms. The van der Waals surface area contributed by atoms with Gasteiger partial charge in [0.15, 0.2) is 0 Å². The molecule has 2 aromatic rings. The molecule has 0 bridgehead atoms. The average Bonchev–Trinajstić information content (AvgIpc) is 2.33. The third-order valence-electron chi connectivity index (χ3n) is 2.89. The van der Waals surface area contributed by atoms with Crippen LogP contribution >= 0.6 is 0 Å². The number of pyridine rings is 1. The van der Waals surface area contributed by atoms with Crippen molar-refractivity contribution in [3.8, 4) is 16.9 Å². The van der Waals surface area contributed by atoms with E-state index in [-0.39, 0.29) is 23.0 Å². The summed E-state index contributed by atoms with van der Waals surface area (Å²) in [6.45, 7) is 3.86. The van der Waals surface area contributed by atoms with Crippen molar-refractivity contribution in [3.05, 3.63) is 46.9 Å². The van der Waals surface area contributed by atoms with Crippen molar-refractivity contribution in [3.63, 3.8) is 0 Å². The summed E-state index contributed by atoms with van der Waals surface area (Å²) in [5.41, 5.74) is 7.45. The molecule has 1 aromatic carbocycles. The van der Waals surface area contributed by atoms with Crippen molar-refractivity contribution in [2.24, 2.45) is 0 Å². The van der Waals surface area contributed by atoms with Crippen LogP contribution in [0.5, 0.6) is 5.75 Å². The van der Waals surface area contributed by atoms with Crippen molar-refractivity contribution >= 4 is 5.69 Å². The van der Waals surface area contributed by atoms with Crippen molar-refractivity contribution < 1.29 is 5.11 Å². The summed E-state index contributed by atoms with van der Waals surface area (Å²) in [6.07, 6.45) is 1.74. The van der Waals surface area contributed by atoms with Crippen LogP contribution in [0.2, 0.25) is 0 Å². The van der Waals surface area contributed by atoms with E-state index in [0.717, 1.165) is 5.56 Å². The molecule has 0 aliphatic heterocycles. The van der Waals surface area contributed by atoms with Crippen molar-refractivity contribution in [1.82, 2.24) is 4.57 Å². The van der Waals surface area contributed by atoms with Gasteiger partial charge in [0.25, 0.3) is 5.56 Å². The molecule has 1 aromatic heterocycles. The Morgan fingerprint density at radius 2 is 1.78 bits per heavy atom. The minimum atomic E-state index is -0.185. The molecule has 4 heteroatoms. The molecule has 0 saturated heterocycles. The lowest BCUT2D eigenvalue weighted by molar-refractivity contribution is 0.475. The number of phenolic OH excluding ortho intramolecular Hbond substituents is 1. The van der Waals surface area contributed by atoms with E-state index in [9.17, 15) is 9.90 Å². The van der Waals surface area contributed by atoms with E-state index < -0.39 is 0 Å². The number of anilines is 1. The van der Waals surface area contributed by atoms with Gasteiger partial charge in [0.05, 0.1) is 0 Å². The highest BCUT2D eigenvalue weighted by molar-refractivity contribution is 5.75. The van der Waals surface area contributed by atoms with Gasteiger partial charge in [-0.2, -0.15) is 0 Å². The van der Waals surface area contributed by atoms with E-state index in [4.69, 9.17) is 5.73 Å². The fraction of sp³-hybridized carbons (Fsp3) is 0.214. The number of hydrogen-bond acceptors (Lipinski definition) is 3. The first-order chi connectivity index (χ1) is 8.50. The average molecular weight is 244 g/mol. The van der Waals surface area contributed by atoms with Crippen LogP contribution in [0.4, 0.5) is 5.69 Å². The molecule has 0 unspecified atom stereocenters. The smallest absolute Gasteiger partial charge is 0.274 e. The molecule has 0 aliphatic rings. The Kier molecular flexibility index (Phi) is 3.10. The largest absolute Gasteiger partial charge is 0.508 e. The summed E-state index contributed by atoms with van der Waals surface area (Å²) in [5.74, 6) is 0.188. The number of aromatic hydroxyl groups is 1. The maximum Gasteiger partial charge on any atom is 0.274 e. The molecule has 3 N–H and O–H groups in total. The van der Waals surface area contributed by atoms with E-state index in [0.29, 0.717) is 5.56 Å². The maximum atomic E-state index is 12.1. The van der Waals surface area contributed by atoms with Gasteiger partial charge in [-0.15, -0.1) is 0 Å². The Bertz CT molecular complexity index is 613. The molecule has 4 nitrogen and oxygen atoms in total. The number of nitrogen functional groups attached to an aromatic ring is 1. The second-order valence-corrected chi connectivity index (χ2v) is 4.50. The van der Waals surface area contributed by atoms with Crippen molar-refractivity contribution in [2.45, 2.75) is 19.9 Å². The number of phenols is 1. The van der Waals surface area contributed by atoms with E-state index in [1.165, 1.54) is 0 Å². The third-order valence-corrected chi connectivity index (χ3v) is 2.89. The molecule has 0 radical (unpaired) electrons. The predicted octanol–water partition coefficient (Wildman–Crippen LogP) is 2.38. The second-order valence-electron chi connectivity index (χ2n) is 4.50. The first-order valence-corrected chi connectivity index (χ1v) is 5.80. The molecular formula is C14H16N2O2. The number of aromatic nitrogens is 1. The Labute approximate surface area is 105 Å². The van der Waals surface area contributed by atoms with Gasteiger partial charge >= 0.3 is 0 Å². The fourth-order valence-corrected chi connectivity index (χ4v) is 1.87. The van der Waals surface area contributed by atoms with E-state index in [2.05, 4.69) is 0 Å². The Hall–Kier alpha value is -2.23. The summed E-state index contributed by atoms with van der Waals surface area (Å²) in [6, 6.07) is 8.52. The lowest BCUT2D eigenvalue weighted by atomic mass is 10.1. The van der Waals surface area contributed by atoms with Gasteiger partial charge in [0.1, 0.15) is 11.4 Å². The summed E-state index contributed by atoms with van der Waals surface area (Å²) < 4.78 is 1.60. The van der Waals surface area contributed by atoms with Gasteiger partial charge < -0.3 is 15.4 Å². The zero-order valence-electron chi connectivity index (χ0n) is 10.4. The zero-order chi connectivity index (χ0) is 13.3. The van der Waals surface area contributed by atoms with Gasteiger partial charge in [0.2, 0.25) is 0 Å². The molecule has 2 rings (SSSR count). The van der Waals surface area contributed by atoms with Crippen LogP contribution < -0.4 is 11.3 Å². The van der Waals surface area contributed by atoms with Crippen LogP contribution in [0.1, 0.15) is 19.9 Å². The number of benzene rings is 1. The Morgan fingerprint density at radius 1 is 1.17 bits per heavy atom. The predicted molar refractivity (Wildman–Crippen MR) is 72.6 cm³/mol. The second kappa shape index (κ2) is 4.56. The van der Waals surface area contributed by atoms with Crippen LogP contribution in [0.15, 0.2) is 41.3 Å². The molecule has 94 valence electrons. The van der Waals surface area contributed by atoms with Gasteiger partial charge in [-0.05, 0) is 37.6 Å². The lowest BCUT2D eigenvalue weighted by Gasteiger charge is -2.13. The molecule has 0 atom stereocenters. The zero-order valence-corrected chi connectivity index (χ0v) is 10.4. The van der Waals surface area contributed by atoms with Crippen LogP contribution in [-0.2, 0) is 0 Å². The molecule has 0 aliphatic carbocycles. The summed E-state index contributed by atoms with van der Waals surface area (Å²) in [5, 5.41) is 9.25. The quantitative estimate of drug-likeness (QED) is 0.852. The SMILES string of the molecule is CC(C)n1ccc(-c2ccc(O)cc2)c(N)c1=O.